The van der Waals surface area contributed by atoms with Crippen LogP contribution in [0.2, 0.25) is 0 Å². The number of rotatable bonds is 4. The molecule has 0 aliphatic carbocycles. The van der Waals surface area contributed by atoms with Crippen LogP contribution in [0.3, 0.4) is 0 Å². The predicted octanol–water partition coefficient (Wildman–Crippen LogP) is 0.321. The molecule has 1 N–H and O–H groups in total. The van der Waals surface area contributed by atoms with Crippen molar-refractivity contribution in [3.05, 3.63) is 11.3 Å². The standard InChI is InChI=1S/C14H24N4O4S/c1-4-12-11(13(22-3)17(2)16-12)10-15-14(19)18-6-5-8-23(20,21)9-7-18/h4-10H2,1-3H3,(H,15,19). The third kappa shape index (κ3) is 4.15. The largest absolute Gasteiger partial charge is 0.481 e. The molecule has 23 heavy (non-hydrogen) atoms. The third-order valence-corrected chi connectivity index (χ3v) is 5.67. The minimum atomic E-state index is -3.03. The zero-order valence-electron chi connectivity index (χ0n) is 13.8. The molecule has 0 atom stereocenters. The van der Waals surface area contributed by atoms with E-state index in [1.807, 2.05) is 6.92 Å². The maximum absolute atomic E-state index is 12.3. The van der Waals surface area contributed by atoms with Gasteiger partial charge < -0.3 is 15.0 Å². The Labute approximate surface area is 136 Å². The summed E-state index contributed by atoms with van der Waals surface area (Å²) in [6.07, 6.45) is 1.22. The number of sulfone groups is 1. The number of urea groups is 1. The van der Waals surface area contributed by atoms with Crippen LogP contribution in [0.5, 0.6) is 5.88 Å². The van der Waals surface area contributed by atoms with Crippen molar-refractivity contribution in [3.63, 3.8) is 0 Å². The van der Waals surface area contributed by atoms with E-state index in [0.29, 0.717) is 25.4 Å². The van der Waals surface area contributed by atoms with Crippen LogP contribution < -0.4 is 10.1 Å². The maximum atomic E-state index is 12.3. The van der Waals surface area contributed by atoms with Crippen LogP contribution in [0.4, 0.5) is 4.79 Å². The summed E-state index contributed by atoms with van der Waals surface area (Å²) in [5.74, 6) is 0.796. The van der Waals surface area contributed by atoms with Crippen LogP contribution in [0.15, 0.2) is 0 Å². The lowest BCUT2D eigenvalue weighted by molar-refractivity contribution is 0.201. The highest BCUT2D eigenvalue weighted by molar-refractivity contribution is 7.91. The highest BCUT2D eigenvalue weighted by atomic mass is 32.2. The normalized spacial score (nSPS) is 17.6. The van der Waals surface area contributed by atoms with E-state index in [-0.39, 0.29) is 24.1 Å². The zero-order valence-corrected chi connectivity index (χ0v) is 14.6. The van der Waals surface area contributed by atoms with E-state index < -0.39 is 9.84 Å². The average Bonchev–Trinajstić information content (AvgIpc) is 2.70. The quantitative estimate of drug-likeness (QED) is 0.849. The number of nitrogens with zero attached hydrogens (tertiary/aromatic N) is 3. The Hall–Kier alpha value is -1.77. The molecule has 1 aliphatic rings. The van der Waals surface area contributed by atoms with Crippen LogP contribution in [0.25, 0.3) is 0 Å². The van der Waals surface area contributed by atoms with Gasteiger partial charge in [-0.1, -0.05) is 6.92 Å². The van der Waals surface area contributed by atoms with Gasteiger partial charge in [0, 0.05) is 20.1 Å². The maximum Gasteiger partial charge on any atom is 0.317 e. The van der Waals surface area contributed by atoms with E-state index in [1.165, 1.54) is 0 Å². The van der Waals surface area contributed by atoms with Crippen LogP contribution >= 0.6 is 0 Å². The molecule has 9 heteroatoms. The Morgan fingerprint density at radius 2 is 2.09 bits per heavy atom. The second kappa shape index (κ2) is 7.20. The first kappa shape index (κ1) is 17.6. The number of carbonyl (C=O) groups is 1. The number of hydrogen-bond donors (Lipinski definition) is 1. The topological polar surface area (TPSA) is 93.5 Å². The fourth-order valence-electron chi connectivity index (χ4n) is 2.74. The monoisotopic (exact) mass is 344 g/mol. The summed E-state index contributed by atoms with van der Waals surface area (Å²) >= 11 is 0. The number of methoxy groups -OCH3 is 1. The molecule has 0 spiro atoms. The van der Waals surface area contributed by atoms with Gasteiger partial charge in [-0.05, 0) is 12.8 Å². The predicted molar refractivity (Wildman–Crippen MR) is 86.2 cm³/mol. The molecule has 8 nitrogen and oxygen atoms in total. The van der Waals surface area contributed by atoms with Crippen molar-refractivity contribution in [1.82, 2.24) is 20.0 Å². The van der Waals surface area contributed by atoms with E-state index in [9.17, 15) is 13.2 Å². The first-order chi connectivity index (χ1) is 10.9. The Bertz CT molecular complexity index is 669. The Morgan fingerprint density at radius 1 is 1.35 bits per heavy atom. The number of amides is 2. The van der Waals surface area contributed by atoms with Gasteiger partial charge in [0.1, 0.15) is 0 Å². The summed E-state index contributed by atoms with van der Waals surface area (Å²) in [4.78, 5) is 13.8. The van der Waals surface area contributed by atoms with Crippen molar-refractivity contribution in [1.29, 1.82) is 0 Å². The zero-order chi connectivity index (χ0) is 17.0. The number of carbonyl (C=O) groups excluding carboxylic acids is 1. The summed E-state index contributed by atoms with van der Waals surface area (Å²) in [5.41, 5.74) is 1.73. The van der Waals surface area contributed by atoms with Crippen molar-refractivity contribution in [3.8, 4) is 5.88 Å². The van der Waals surface area contributed by atoms with Crippen molar-refractivity contribution >= 4 is 15.9 Å². The molecular formula is C14H24N4O4S. The molecule has 0 bridgehead atoms. The van der Waals surface area contributed by atoms with Crippen LogP contribution in [-0.2, 0) is 29.9 Å². The number of nitrogens with one attached hydrogen (secondary N) is 1. The molecule has 1 aliphatic heterocycles. The fourth-order valence-corrected chi connectivity index (χ4v) is 4.01. The van der Waals surface area contributed by atoms with Gasteiger partial charge in [0.2, 0.25) is 5.88 Å². The van der Waals surface area contributed by atoms with E-state index in [2.05, 4.69) is 10.4 Å². The molecule has 1 aromatic rings. The van der Waals surface area contributed by atoms with Crippen LogP contribution in [0.1, 0.15) is 24.6 Å². The van der Waals surface area contributed by atoms with Crippen LogP contribution in [0, 0.1) is 0 Å². The second-order valence-corrected chi connectivity index (χ2v) is 7.87. The lowest BCUT2D eigenvalue weighted by Crippen LogP contribution is -2.41. The number of ether oxygens (including phenoxy) is 1. The SMILES string of the molecule is CCc1nn(C)c(OC)c1CNC(=O)N1CCCS(=O)(=O)CC1. The van der Waals surface area contributed by atoms with Crippen molar-refractivity contribution in [2.24, 2.45) is 7.05 Å². The third-order valence-electron chi connectivity index (χ3n) is 3.96. The van der Waals surface area contributed by atoms with Gasteiger partial charge in [-0.3, -0.25) is 0 Å². The lowest BCUT2D eigenvalue weighted by atomic mass is 10.2. The molecule has 0 aromatic carbocycles. The van der Waals surface area contributed by atoms with E-state index in [4.69, 9.17) is 4.74 Å². The Kier molecular flexibility index (Phi) is 5.51. The number of hydrogen-bond acceptors (Lipinski definition) is 5. The minimum absolute atomic E-state index is 0.0246. The molecule has 1 saturated heterocycles. The molecule has 1 aromatic heterocycles. The Morgan fingerprint density at radius 3 is 2.74 bits per heavy atom. The molecular weight excluding hydrogens is 320 g/mol. The molecule has 0 radical (unpaired) electrons. The molecule has 1 fully saturated rings. The second-order valence-electron chi connectivity index (χ2n) is 5.56. The summed E-state index contributed by atoms with van der Waals surface area (Å²) in [5, 5.41) is 7.22. The van der Waals surface area contributed by atoms with E-state index >= 15 is 0 Å². The Balaban J connectivity index is 2.02. The van der Waals surface area contributed by atoms with Gasteiger partial charge in [-0.15, -0.1) is 0 Å². The molecule has 2 rings (SSSR count). The first-order valence-electron chi connectivity index (χ1n) is 7.70. The van der Waals surface area contributed by atoms with Gasteiger partial charge >= 0.3 is 6.03 Å². The molecule has 0 saturated carbocycles. The smallest absolute Gasteiger partial charge is 0.317 e. The van der Waals surface area contributed by atoms with Crippen molar-refractivity contribution in [2.45, 2.75) is 26.3 Å². The first-order valence-corrected chi connectivity index (χ1v) is 9.52. The fraction of sp³-hybridized carbons (Fsp3) is 0.714. The molecule has 0 unspecified atom stereocenters. The van der Waals surface area contributed by atoms with Gasteiger partial charge in [-0.25, -0.2) is 17.9 Å². The van der Waals surface area contributed by atoms with Crippen LogP contribution in [-0.4, -0.2) is 60.8 Å². The summed E-state index contributed by atoms with van der Waals surface area (Å²) < 4.78 is 30.2. The van der Waals surface area contributed by atoms with E-state index in [1.54, 1.807) is 23.7 Å². The average molecular weight is 344 g/mol. The van der Waals surface area contributed by atoms with Gasteiger partial charge in [0.15, 0.2) is 9.84 Å². The highest BCUT2D eigenvalue weighted by Crippen LogP contribution is 2.21. The lowest BCUT2D eigenvalue weighted by Gasteiger charge is -2.20. The van der Waals surface area contributed by atoms with Gasteiger partial charge in [-0.2, -0.15) is 5.10 Å². The number of aryl methyl sites for hydroxylation is 2. The van der Waals surface area contributed by atoms with Crippen molar-refractivity contribution < 1.29 is 17.9 Å². The molecule has 2 amide bonds. The van der Waals surface area contributed by atoms with E-state index in [0.717, 1.165) is 17.7 Å². The minimum Gasteiger partial charge on any atom is -0.481 e. The summed E-state index contributed by atoms with van der Waals surface area (Å²) in [6.45, 7) is 2.99. The van der Waals surface area contributed by atoms with Gasteiger partial charge in [0.25, 0.3) is 0 Å². The summed E-state index contributed by atoms with van der Waals surface area (Å²) in [6, 6.07) is -0.255. The molecule has 130 valence electrons. The van der Waals surface area contributed by atoms with Crippen molar-refractivity contribution in [2.75, 3.05) is 31.7 Å². The van der Waals surface area contributed by atoms with Gasteiger partial charge in [0.05, 0.1) is 36.4 Å². The number of aromatic nitrogens is 2. The highest BCUT2D eigenvalue weighted by Gasteiger charge is 2.23. The summed E-state index contributed by atoms with van der Waals surface area (Å²) in [7, 11) is 0.340. The molecule has 2 heterocycles.